The molecule has 0 radical (unpaired) electrons. The summed E-state index contributed by atoms with van der Waals surface area (Å²) in [5.41, 5.74) is 1.86. The molecule has 1 amide bonds. The second kappa shape index (κ2) is 10.1. The maximum absolute atomic E-state index is 14.0. The van der Waals surface area contributed by atoms with Gasteiger partial charge in [-0.05, 0) is 61.7 Å². The molecule has 1 N–H and O–H groups in total. The first-order valence-electron chi connectivity index (χ1n) is 10.4. The number of benzene rings is 2. The minimum absolute atomic E-state index is 0.0813. The highest BCUT2D eigenvalue weighted by Crippen LogP contribution is 2.28. The number of amides is 1. The van der Waals surface area contributed by atoms with Crippen LogP contribution in [-0.2, 0) is 16.1 Å². The number of ether oxygens (including phenoxy) is 2. The number of nitrogens with zero attached hydrogens (tertiary/aromatic N) is 3. The lowest BCUT2D eigenvalue weighted by atomic mass is 10.2. The van der Waals surface area contributed by atoms with E-state index >= 15 is 0 Å². The summed E-state index contributed by atoms with van der Waals surface area (Å²) in [5.74, 6) is 0.783. The third-order valence-electron chi connectivity index (χ3n) is 5.21. The van der Waals surface area contributed by atoms with Gasteiger partial charge in [0.25, 0.3) is 0 Å². The molecule has 1 atom stereocenters. The number of halogens is 1. The van der Waals surface area contributed by atoms with Gasteiger partial charge in [-0.25, -0.2) is 4.39 Å². The molecular weight excluding hydrogens is 431 g/mol. The fourth-order valence-corrected chi connectivity index (χ4v) is 4.29. The highest BCUT2D eigenvalue weighted by molar-refractivity contribution is 7.99. The van der Waals surface area contributed by atoms with Crippen molar-refractivity contribution in [2.75, 3.05) is 24.8 Å². The van der Waals surface area contributed by atoms with E-state index in [0.717, 1.165) is 36.3 Å². The molecule has 0 aliphatic carbocycles. The molecular formula is C23H25FN4O3S. The van der Waals surface area contributed by atoms with E-state index in [1.165, 1.54) is 17.8 Å². The summed E-state index contributed by atoms with van der Waals surface area (Å²) >= 11 is 1.26. The van der Waals surface area contributed by atoms with Crippen LogP contribution in [0.1, 0.15) is 18.4 Å². The van der Waals surface area contributed by atoms with Crippen LogP contribution >= 0.6 is 11.8 Å². The Morgan fingerprint density at radius 3 is 2.78 bits per heavy atom. The monoisotopic (exact) mass is 456 g/mol. The van der Waals surface area contributed by atoms with Crippen molar-refractivity contribution in [3.05, 3.63) is 53.8 Å². The van der Waals surface area contributed by atoms with E-state index in [-0.39, 0.29) is 23.5 Å². The van der Waals surface area contributed by atoms with E-state index in [1.54, 1.807) is 26.2 Å². The number of anilines is 1. The zero-order valence-corrected chi connectivity index (χ0v) is 18.8. The number of aromatic nitrogens is 3. The summed E-state index contributed by atoms with van der Waals surface area (Å²) < 4.78 is 27.1. The Labute approximate surface area is 190 Å². The predicted octanol–water partition coefficient (Wildman–Crippen LogP) is 4.31. The van der Waals surface area contributed by atoms with Crippen molar-refractivity contribution in [1.29, 1.82) is 0 Å². The van der Waals surface area contributed by atoms with Crippen molar-refractivity contribution in [3.8, 4) is 17.1 Å². The van der Waals surface area contributed by atoms with Gasteiger partial charge in [0, 0.05) is 12.2 Å². The molecule has 3 aromatic rings. The summed E-state index contributed by atoms with van der Waals surface area (Å²) in [5, 5.41) is 11.9. The first-order chi connectivity index (χ1) is 15.5. The average Bonchev–Trinajstić information content (AvgIpc) is 3.45. The van der Waals surface area contributed by atoms with E-state index in [0.29, 0.717) is 17.5 Å². The van der Waals surface area contributed by atoms with Crippen LogP contribution in [0.15, 0.2) is 47.6 Å². The topological polar surface area (TPSA) is 78.3 Å². The Kier molecular flexibility index (Phi) is 7.06. The quantitative estimate of drug-likeness (QED) is 0.509. The molecule has 0 spiro atoms. The van der Waals surface area contributed by atoms with Crippen LogP contribution in [0.2, 0.25) is 0 Å². The lowest BCUT2D eigenvalue weighted by molar-refractivity contribution is -0.113. The maximum atomic E-state index is 14.0. The number of rotatable bonds is 8. The lowest BCUT2D eigenvalue weighted by Gasteiger charge is -2.15. The SMILES string of the molecule is COc1ccc(-c2nnc(SCC(=O)Nc3ccc(C)cc3F)n2CC2CCCO2)cc1. The van der Waals surface area contributed by atoms with Crippen LogP contribution in [0.25, 0.3) is 11.4 Å². The normalized spacial score (nSPS) is 15.7. The fraction of sp³-hybridized carbons (Fsp3) is 0.348. The molecule has 1 aromatic heterocycles. The zero-order valence-electron chi connectivity index (χ0n) is 18.0. The van der Waals surface area contributed by atoms with Crippen LogP contribution in [0, 0.1) is 12.7 Å². The van der Waals surface area contributed by atoms with Crippen LogP contribution in [0.3, 0.4) is 0 Å². The molecule has 1 aliphatic heterocycles. The van der Waals surface area contributed by atoms with Gasteiger partial charge in [-0.15, -0.1) is 10.2 Å². The number of thioether (sulfide) groups is 1. The molecule has 0 bridgehead atoms. The molecule has 9 heteroatoms. The molecule has 4 rings (SSSR count). The summed E-state index contributed by atoms with van der Waals surface area (Å²) in [6.07, 6.45) is 2.08. The molecule has 32 heavy (non-hydrogen) atoms. The molecule has 7 nitrogen and oxygen atoms in total. The first kappa shape index (κ1) is 22.3. The number of carbonyl (C=O) groups excluding carboxylic acids is 1. The van der Waals surface area contributed by atoms with Crippen molar-refractivity contribution in [3.63, 3.8) is 0 Å². The third-order valence-corrected chi connectivity index (χ3v) is 6.17. The molecule has 1 aliphatic rings. The zero-order chi connectivity index (χ0) is 22.5. The Bertz CT molecular complexity index is 1080. The Hall–Kier alpha value is -2.91. The van der Waals surface area contributed by atoms with Gasteiger partial charge in [-0.2, -0.15) is 0 Å². The van der Waals surface area contributed by atoms with Crippen molar-refractivity contribution in [1.82, 2.24) is 14.8 Å². The Morgan fingerprint density at radius 1 is 1.28 bits per heavy atom. The Morgan fingerprint density at radius 2 is 2.09 bits per heavy atom. The lowest BCUT2D eigenvalue weighted by Crippen LogP contribution is -2.18. The van der Waals surface area contributed by atoms with Gasteiger partial charge in [0.15, 0.2) is 11.0 Å². The number of carbonyl (C=O) groups is 1. The van der Waals surface area contributed by atoms with Gasteiger partial charge in [0.1, 0.15) is 11.6 Å². The van der Waals surface area contributed by atoms with Gasteiger partial charge in [-0.3, -0.25) is 9.36 Å². The summed E-state index contributed by atoms with van der Waals surface area (Å²) in [4.78, 5) is 12.4. The van der Waals surface area contributed by atoms with Crippen LogP contribution < -0.4 is 10.1 Å². The predicted molar refractivity (Wildman–Crippen MR) is 121 cm³/mol. The molecule has 2 aromatic carbocycles. The van der Waals surface area contributed by atoms with Crippen molar-refractivity contribution in [2.45, 2.75) is 37.6 Å². The van der Waals surface area contributed by atoms with Crippen molar-refractivity contribution in [2.24, 2.45) is 0 Å². The van der Waals surface area contributed by atoms with Gasteiger partial charge >= 0.3 is 0 Å². The minimum Gasteiger partial charge on any atom is -0.497 e. The van der Waals surface area contributed by atoms with Crippen molar-refractivity contribution >= 4 is 23.4 Å². The van der Waals surface area contributed by atoms with Crippen LogP contribution in [0.4, 0.5) is 10.1 Å². The standard InChI is InChI=1S/C23H25FN4O3S/c1-15-5-10-20(19(24)12-15)25-21(29)14-32-23-27-26-22(16-6-8-17(30-2)9-7-16)28(23)13-18-4-3-11-31-18/h5-10,12,18H,3-4,11,13-14H2,1-2H3,(H,25,29). The second-order valence-corrected chi connectivity index (χ2v) is 8.54. The highest BCUT2D eigenvalue weighted by atomic mass is 32.2. The smallest absolute Gasteiger partial charge is 0.234 e. The van der Waals surface area contributed by atoms with E-state index in [4.69, 9.17) is 9.47 Å². The number of hydrogen-bond acceptors (Lipinski definition) is 6. The van der Waals surface area contributed by atoms with E-state index in [9.17, 15) is 9.18 Å². The highest BCUT2D eigenvalue weighted by Gasteiger charge is 2.22. The van der Waals surface area contributed by atoms with Gasteiger partial charge in [-0.1, -0.05) is 17.8 Å². The minimum atomic E-state index is -0.452. The number of nitrogens with one attached hydrogen (secondary N) is 1. The number of aryl methyl sites for hydroxylation is 1. The molecule has 168 valence electrons. The van der Waals surface area contributed by atoms with Gasteiger partial charge in [0.2, 0.25) is 5.91 Å². The van der Waals surface area contributed by atoms with Crippen LogP contribution in [0.5, 0.6) is 5.75 Å². The van der Waals surface area contributed by atoms with Gasteiger partial charge < -0.3 is 14.8 Å². The fourth-order valence-electron chi connectivity index (χ4n) is 3.54. The maximum Gasteiger partial charge on any atom is 0.234 e. The van der Waals surface area contributed by atoms with Crippen LogP contribution in [-0.4, -0.2) is 46.2 Å². The Balaban J connectivity index is 1.50. The largest absolute Gasteiger partial charge is 0.497 e. The summed E-state index contributed by atoms with van der Waals surface area (Å²) in [6, 6.07) is 12.3. The molecule has 1 unspecified atom stereocenters. The third kappa shape index (κ3) is 5.28. The molecule has 1 fully saturated rings. The molecule has 2 heterocycles. The van der Waals surface area contributed by atoms with E-state index in [1.807, 2.05) is 28.8 Å². The van der Waals surface area contributed by atoms with Crippen molar-refractivity contribution < 1.29 is 18.7 Å². The summed E-state index contributed by atoms with van der Waals surface area (Å²) in [7, 11) is 1.62. The number of hydrogen-bond donors (Lipinski definition) is 1. The van der Waals surface area contributed by atoms with E-state index in [2.05, 4.69) is 15.5 Å². The van der Waals surface area contributed by atoms with Gasteiger partial charge in [0.05, 0.1) is 31.2 Å². The number of methoxy groups -OCH3 is 1. The molecule has 1 saturated heterocycles. The average molecular weight is 457 g/mol. The van der Waals surface area contributed by atoms with E-state index < -0.39 is 5.82 Å². The second-order valence-electron chi connectivity index (χ2n) is 7.60. The summed E-state index contributed by atoms with van der Waals surface area (Å²) in [6.45, 7) is 3.15. The first-order valence-corrected chi connectivity index (χ1v) is 11.4. The molecule has 0 saturated carbocycles.